The van der Waals surface area contributed by atoms with Gasteiger partial charge in [-0.2, -0.15) is 0 Å². The molecule has 0 saturated heterocycles. The quantitative estimate of drug-likeness (QED) is 0.761. The van der Waals surface area contributed by atoms with Crippen LogP contribution in [0, 0.1) is 5.41 Å². The highest BCUT2D eigenvalue weighted by molar-refractivity contribution is 5.27. The second-order valence-corrected chi connectivity index (χ2v) is 5.56. The Morgan fingerprint density at radius 1 is 1.12 bits per heavy atom. The summed E-state index contributed by atoms with van der Waals surface area (Å²) >= 11 is 0. The largest absolute Gasteiger partial charge is 0.494 e. The number of hydrogen-bond acceptors (Lipinski definition) is 2. The number of rotatable bonds is 6. The van der Waals surface area contributed by atoms with Crippen LogP contribution in [0.2, 0.25) is 0 Å². The second-order valence-electron chi connectivity index (χ2n) is 5.56. The van der Waals surface area contributed by atoms with Crippen molar-refractivity contribution in [3.8, 4) is 5.75 Å². The van der Waals surface area contributed by atoms with Crippen LogP contribution in [0.15, 0.2) is 24.3 Å². The summed E-state index contributed by atoms with van der Waals surface area (Å²) in [6.07, 6.45) is 1.20. The normalized spacial score (nSPS) is 11.5. The van der Waals surface area contributed by atoms with Gasteiger partial charge >= 0.3 is 0 Å². The van der Waals surface area contributed by atoms with Gasteiger partial charge in [0.2, 0.25) is 0 Å². The maximum absolute atomic E-state index is 5.41. The smallest absolute Gasteiger partial charge is 0.119 e. The lowest BCUT2D eigenvalue weighted by molar-refractivity contribution is 0.340. The first kappa shape index (κ1) is 14.0. The van der Waals surface area contributed by atoms with E-state index in [1.807, 2.05) is 19.1 Å². The Morgan fingerprint density at radius 3 is 2.29 bits per heavy atom. The topological polar surface area (TPSA) is 21.3 Å². The molecule has 17 heavy (non-hydrogen) atoms. The summed E-state index contributed by atoms with van der Waals surface area (Å²) in [5.41, 5.74) is 1.72. The van der Waals surface area contributed by atoms with Crippen molar-refractivity contribution in [2.45, 2.75) is 40.7 Å². The summed E-state index contributed by atoms with van der Waals surface area (Å²) in [5, 5.41) is 3.47. The first-order valence-corrected chi connectivity index (χ1v) is 6.44. The fourth-order valence-electron chi connectivity index (χ4n) is 1.57. The van der Waals surface area contributed by atoms with E-state index >= 15 is 0 Å². The molecular formula is C15H25NO. The monoisotopic (exact) mass is 235 g/mol. The molecule has 1 aromatic carbocycles. The molecular weight excluding hydrogens is 210 g/mol. The van der Waals surface area contributed by atoms with Gasteiger partial charge in [-0.3, -0.25) is 0 Å². The van der Waals surface area contributed by atoms with E-state index in [9.17, 15) is 0 Å². The Kier molecular flexibility index (Phi) is 5.49. The van der Waals surface area contributed by atoms with Crippen LogP contribution in [0.3, 0.4) is 0 Å². The summed E-state index contributed by atoms with van der Waals surface area (Å²) in [4.78, 5) is 0. The maximum Gasteiger partial charge on any atom is 0.119 e. The molecule has 1 rings (SSSR count). The van der Waals surface area contributed by atoms with E-state index in [1.54, 1.807) is 0 Å². The average Bonchev–Trinajstić information content (AvgIpc) is 2.26. The Bertz CT molecular complexity index is 311. The molecule has 0 unspecified atom stereocenters. The molecule has 0 saturated carbocycles. The molecule has 0 aliphatic rings. The molecule has 0 spiro atoms. The van der Waals surface area contributed by atoms with Crippen molar-refractivity contribution in [3.63, 3.8) is 0 Å². The third kappa shape index (κ3) is 6.32. The maximum atomic E-state index is 5.41. The van der Waals surface area contributed by atoms with Crippen LogP contribution in [0.5, 0.6) is 5.75 Å². The van der Waals surface area contributed by atoms with Gasteiger partial charge in [-0.1, -0.05) is 32.9 Å². The molecule has 0 heterocycles. The van der Waals surface area contributed by atoms with Crippen molar-refractivity contribution < 1.29 is 4.74 Å². The molecule has 0 fully saturated rings. The number of benzene rings is 1. The SMILES string of the molecule is CCOc1ccc(CNCCC(C)(C)C)cc1. The second kappa shape index (κ2) is 6.65. The predicted octanol–water partition coefficient (Wildman–Crippen LogP) is 3.61. The van der Waals surface area contributed by atoms with Gasteiger partial charge in [0.15, 0.2) is 0 Å². The number of hydrogen-bond donors (Lipinski definition) is 1. The first-order valence-electron chi connectivity index (χ1n) is 6.44. The lowest BCUT2D eigenvalue weighted by atomic mass is 9.92. The summed E-state index contributed by atoms with van der Waals surface area (Å²) in [7, 11) is 0. The van der Waals surface area contributed by atoms with Gasteiger partial charge < -0.3 is 10.1 Å². The van der Waals surface area contributed by atoms with E-state index in [0.29, 0.717) is 5.41 Å². The average molecular weight is 235 g/mol. The number of nitrogens with one attached hydrogen (secondary N) is 1. The van der Waals surface area contributed by atoms with Crippen molar-refractivity contribution in [2.24, 2.45) is 5.41 Å². The molecule has 0 aromatic heterocycles. The van der Waals surface area contributed by atoms with Crippen molar-refractivity contribution >= 4 is 0 Å². The summed E-state index contributed by atoms with van der Waals surface area (Å²) in [6, 6.07) is 8.30. The molecule has 1 N–H and O–H groups in total. The molecule has 0 aliphatic carbocycles. The summed E-state index contributed by atoms with van der Waals surface area (Å²) in [5.74, 6) is 0.950. The van der Waals surface area contributed by atoms with Crippen LogP contribution < -0.4 is 10.1 Å². The van der Waals surface area contributed by atoms with Gasteiger partial charge in [0.05, 0.1) is 6.61 Å². The van der Waals surface area contributed by atoms with E-state index in [1.165, 1.54) is 12.0 Å². The third-order valence-corrected chi connectivity index (χ3v) is 2.62. The first-order chi connectivity index (χ1) is 8.01. The van der Waals surface area contributed by atoms with Crippen molar-refractivity contribution in [2.75, 3.05) is 13.2 Å². The van der Waals surface area contributed by atoms with Gasteiger partial charge in [-0.05, 0) is 43.0 Å². The minimum atomic E-state index is 0.409. The molecule has 2 nitrogen and oxygen atoms in total. The van der Waals surface area contributed by atoms with Gasteiger partial charge in [0.1, 0.15) is 5.75 Å². The van der Waals surface area contributed by atoms with Crippen LogP contribution in [-0.2, 0) is 6.54 Å². The van der Waals surface area contributed by atoms with Gasteiger partial charge in [0, 0.05) is 6.54 Å². The zero-order valence-corrected chi connectivity index (χ0v) is 11.5. The fraction of sp³-hybridized carbons (Fsp3) is 0.600. The molecule has 0 atom stereocenters. The van der Waals surface area contributed by atoms with Gasteiger partial charge in [-0.25, -0.2) is 0 Å². The van der Waals surface area contributed by atoms with Crippen LogP contribution in [0.1, 0.15) is 39.7 Å². The molecule has 0 amide bonds. The molecule has 0 radical (unpaired) electrons. The predicted molar refractivity (Wildman–Crippen MR) is 73.4 cm³/mol. The highest BCUT2D eigenvalue weighted by Gasteiger charge is 2.08. The van der Waals surface area contributed by atoms with Crippen molar-refractivity contribution in [3.05, 3.63) is 29.8 Å². The lowest BCUT2D eigenvalue weighted by Gasteiger charge is -2.18. The van der Waals surface area contributed by atoms with E-state index in [-0.39, 0.29) is 0 Å². The molecule has 96 valence electrons. The van der Waals surface area contributed by atoms with E-state index < -0.39 is 0 Å². The van der Waals surface area contributed by atoms with E-state index in [2.05, 4.69) is 38.2 Å². The summed E-state index contributed by atoms with van der Waals surface area (Å²) in [6.45, 7) is 11.5. The van der Waals surface area contributed by atoms with Crippen molar-refractivity contribution in [1.82, 2.24) is 5.32 Å². The van der Waals surface area contributed by atoms with Crippen LogP contribution in [-0.4, -0.2) is 13.2 Å². The van der Waals surface area contributed by atoms with E-state index in [4.69, 9.17) is 4.74 Å². The van der Waals surface area contributed by atoms with Crippen molar-refractivity contribution in [1.29, 1.82) is 0 Å². The molecule has 1 aromatic rings. The fourth-order valence-corrected chi connectivity index (χ4v) is 1.57. The Hall–Kier alpha value is -1.02. The number of ether oxygens (including phenoxy) is 1. The summed E-state index contributed by atoms with van der Waals surface area (Å²) < 4.78 is 5.41. The lowest BCUT2D eigenvalue weighted by Crippen LogP contribution is -2.20. The zero-order chi connectivity index (χ0) is 12.7. The van der Waals surface area contributed by atoms with E-state index in [0.717, 1.165) is 25.4 Å². The highest BCUT2D eigenvalue weighted by Crippen LogP contribution is 2.17. The standard InChI is InChI=1S/C15H25NO/c1-5-17-14-8-6-13(7-9-14)12-16-11-10-15(2,3)4/h6-9,16H,5,10-12H2,1-4H3. The molecule has 2 heteroatoms. The Balaban J connectivity index is 2.27. The van der Waals surface area contributed by atoms with Gasteiger partial charge in [0.25, 0.3) is 0 Å². The third-order valence-electron chi connectivity index (χ3n) is 2.62. The van der Waals surface area contributed by atoms with Crippen LogP contribution in [0.4, 0.5) is 0 Å². The minimum Gasteiger partial charge on any atom is -0.494 e. The Morgan fingerprint density at radius 2 is 1.76 bits per heavy atom. The molecule has 0 bridgehead atoms. The minimum absolute atomic E-state index is 0.409. The highest BCUT2D eigenvalue weighted by atomic mass is 16.5. The van der Waals surface area contributed by atoms with Crippen LogP contribution in [0.25, 0.3) is 0 Å². The zero-order valence-electron chi connectivity index (χ0n) is 11.5. The molecule has 0 aliphatic heterocycles. The van der Waals surface area contributed by atoms with Crippen LogP contribution >= 0.6 is 0 Å². The van der Waals surface area contributed by atoms with Gasteiger partial charge in [-0.15, -0.1) is 0 Å². The Labute approximate surface area is 105 Å².